The second-order valence-corrected chi connectivity index (χ2v) is 6.69. The van der Waals surface area contributed by atoms with Gasteiger partial charge in [-0.05, 0) is 0 Å². The number of nitrogens with one attached hydrogen (secondary N) is 2. The molecule has 0 saturated heterocycles. The van der Waals surface area contributed by atoms with E-state index in [1.165, 1.54) is 22.4 Å². The number of hydrogen-bond acceptors (Lipinski definition) is 3. The van der Waals surface area contributed by atoms with E-state index in [0.717, 1.165) is 33.7 Å². The molecule has 1 atom stereocenters. The van der Waals surface area contributed by atoms with Crippen LogP contribution >= 0.6 is 11.6 Å². The Hall–Kier alpha value is -1.64. The van der Waals surface area contributed by atoms with Crippen LogP contribution in [-0.4, -0.2) is 36.1 Å². The molecule has 1 amide bonds. The van der Waals surface area contributed by atoms with Crippen molar-refractivity contribution in [1.82, 2.24) is 0 Å². The van der Waals surface area contributed by atoms with Crippen LogP contribution in [0.25, 0.3) is 0 Å². The van der Waals surface area contributed by atoms with Crippen LogP contribution in [0, 0.1) is 0 Å². The van der Waals surface area contributed by atoms with Gasteiger partial charge < -0.3 is 0 Å². The van der Waals surface area contributed by atoms with Gasteiger partial charge in [-0.15, -0.1) is 0 Å². The number of ether oxygens (including phenoxy) is 1. The molecule has 2 N–H and O–H groups in total. The first-order valence-corrected chi connectivity index (χ1v) is 8.99. The molecule has 2 aromatic rings. The van der Waals surface area contributed by atoms with Gasteiger partial charge in [0.05, 0.1) is 0 Å². The van der Waals surface area contributed by atoms with E-state index in [1.807, 2.05) is 36.4 Å². The molecule has 0 fully saturated rings. The number of hydrogen-bond donors (Lipinski definition) is 2. The van der Waals surface area contributed by atoms with Crippen LogP contribution in [0.5, 0.6) is 0 Å². The zero-order chi connectivity index (χ0) is 16.7. The Morgan fingerprint density at radius 3 is 2.61 bits per heavy atom. The van der Waals surface area contributed by atoms with Crippen molar-refractivity contribution in [2.45, 2.75) is 13.3 Å². The van der Waals surface area contributed by atoms with E-state index >= 15 is 0 Å². The van der Waals surface area contributed by atoms with E-state index in [1.54, 1.807) is 6.92 Å². The summed E-state index contributed by atoms with van der Waals surface area (Å²) in [4.78, 5) is 11.5. The van der Waals surface area contributed by atoms with Gasteiger partial charge in [-0.1, -0.05) is 0 Å². The molecule has 0 aliphatic carbocycles. The van der Waals surface area contributed by atoms with Gasteiger partial charge in [-0.2, -0.15) is 0 Å². The molecular formula is C17H20AsClN2O2. The molecule has 0 aromatic heterocycles. The molecule has 0 aliphatic heterocycles. The van der Waals surface area contributed by atoms with Gasteiger partial charge in [0.2, 0.25) is 0 Å². The maximum absolute atomic E-state index is 11.5. The van der Waals surface area contributed by atoms with E-state index in [-0.39, 0.29) is 0 Å². The molecule has 0 bridgehead atoms. The summed E-state index contributed by atoms with van der Waals surface area (Å²) in [6.45, 7) is 2.98. The quantitative estimate of drug-likeness (QED) is 0.741. The van der Waals surface area contributed by atoms with Crippen LogP contribution < -0.4 is 15.0 Å². The molecule has 1 unspecified atom stereocenters. The zero-order valence-electron chi connectivity index (χ0n) is 12.9. The van der Waals surface area contributed by atoms with Crippen LogP contribution in [-0.2, 0) is 11.2 Å². The third-order valence-electron chi connectivity index (χ3n) is 3.22. The number of benzene rings is 2. The molecule has 122 valence electrons. The van der Waals surface area contributed by atoms with E-state index < -0.39 is 6.09 Å². The number of rotatable bonds is 6. The molecule has 0 aliphatic rings. The van der Waals surface area contributed by atoms with E-state index in [9.17, 15) is 4.79 Å². The Balaban J connectivity index is 1.87. The van der Waals surface area contributed by atoms with Crippen molar-refractivity contribution in [1.29, 1.82) is 0 Å². The van der Waals surface area contributed by atoms with Gasteiger partial charge in [0.15, 0.2) is 0 Å². The number of anilines is 2. The first-order chi connectivity index (χ1) is 11.1. The number of carbonyl (C=O) groups is 1. The Morgan fingerprint density at radius 2 is 1.96 bits per heavy atom. The predicted octanol–water partition coefficient (Wildman–Crippen LogP) is 2.82. The van der Waals surface area contributed by atoms with Crippen molar-refractivity contribution in [2.24, 2.45) is 0 Å². The van der Waals surface area contributed by atoms with Gasteiger partial charge in [-0.25, -0.2) is 0 Å². The van der Waals surface area contributed by atoms with Crippen molar-refractivity contribution in [3.05, 3.63) is 53.1 Å². The second kappa shape index (κ2) is 8.85. The number of amides is 1. The Morgan fingerprint density at radius 1 is 1.22 bits per heavy atom. The van der Waals surface area contributed by atoms with Gasteiger partial charge in [0, 0.05) is 0 Å². The van der Waals surface area contributed by atoms with Crippen molar-refractivity contribution >= 4 is 50.3 Å². The van der Waals surface area contributed by atoms with Crippen molar-refractivity contribution in [3.8, 4) is 0 Å². The van der Waals surface area contributed by atoms with Gasteiger partial charge >= 0.3 is 150 Å². The van der Waals surface area contributed by atoms with Crippen LogP contribution in [0.15, 0.2) is 42.5 Å². The fourth-order valence-corrected chi connectivity index (χ4v) is 3.01. The summed E-state index contributed by atoms with van der Waals surface area (Å²) < 4.78 is 5.97. The van der Waals surface area contributed by atoms with E-state index in [4.69, 9.17) is 16.3 Å². The summed E-state index contributed by atoms with van der Waals surface area (Å²) in [5.41, 5.74) is 3.08. The Kier molecular flexibility index (Phi) is 6.82. The van der Waals surface area contributed by atoms with E-state index in [0.29, 0.717) is 6.61 Å². The maximum atomic E-state index is 11.5. The topological polar surface area (TPSA) is 50.4 Å². The molecular weight excluding hydrogens is 375 g/mol. The summed E-state index contributed by atoms with van der Waals surface area (Å²) in [5, 5.41) is 6.85. The van der Waals surface area contributed by atoms with Crippen molar-refractivity contribution < 1.29 is 9.53 Å². The SMILES string of the molecule is CCOC(=O)Nc1ccc(CCNc2ccc(Cl)cc2)cc1[AsH2]. The monoisotopic (exact) mass is 394 g/mol. The number of halogens is 1. The molecule has 23 heavy (non-hydrogen) atoms. The third-order valence-corrected chi connectivity index (χ3v) is 4.47. The summed E-state index contributed by atoms with van der Waals surface area (Å²) in [7, 11) is 0. The summed E-state index contributed by atoms with van der Waals surface area (Å²) in [6.07, 6.45) is 0.489. The van der Waals surface area contributed by atoms with E-state index in [2.05, 4.69) is 16.7 Å². The predicted molar refractivity (Wildman–Crippen MR) is 98.9 cm³/mol. The average Bonchev–Trinajstić information content (AvgIpc) is 2.52. The molecule has 0 saturated carbocycles. The average molecular weight is 395 g/mol. The standard InChI is InChI=1S/C17H20AsClN2O2/c1-2-23-17(22)21-16-8-3-12(11-15(16)18)9-10-20-14-6-4-13(19)5-7-14/h3-8,11,20H,2,9-10,18H2,1H3,(H,21,22). The fourth-order valence-electron chi connectivity index (χ4n) is 2.08. The molecule has 6 heteroatoms. The van der Waals surface area contributed by atoms with Crippen LogP contribution in [0.4, 0.5) is 16.2 Å². The molecule has 2 aromatic carbocycles. The minimum atomic E-state index is -0.413. The molecule has 2 rings (SSSR count). The number of carbonyl (C=O) groups excluding carboxylic acids is 1. The van der Waals surface area contributed by atoms with Gasteiger partial charge in [0.1, 0.15) is 0 Å². The van der Waals surface area contributed by atoms with Crippen LogP contribution in [0.3, 0.4) is 0 Å². The van der Waals surface area contributed by atoms with Crippen LogP contribution in [0.2, 0.25) is 5.02 Å². The summed E-state index contributed by atoms with van der Waals surface area (Å²) in [5.74, 6) is 0. The van der Waals surface area contributed by atoms with Crippen LogP contribution in [0.1, 0.15) is 12.5 Å². The Bertz CT molecular complexity index is 662. The molecule has 0 spiro atoms. The molecule has 0 radical (unpaired) electrons. The zero-order valence-corrected chi connectivity index (χ0v) is 16.1. The minimum absolute atomic E-state index is 0.366. The molecule has 0 heterocycles. The first-order valence-electron chi connectivity index (χ1n) is 7.40. The van der Waals surface area contributed by atoms with Crippen molar-refractivity contribution in [2.75, 3.05) is 23.8 Å². The molecule has 4 nitrogen and oxygen atoms in total. The fraction of sp³-hybridized carbons (Fsp3) is 0.235. The van der Waals surface area contributed by atoms with Crippen molar-refractivity contribution in [3.63, 3.8) is 0 Å². The third kappa shape index (κ3) is 5.81. The second-order valence-electron chi connectivity index (χ2n) is 4.95. The Labute approximate surface area is 150 Å². The summed E-state index contributed by atoms with van der Waals surface area (Å²) >= 11 is 7.34. The first kappa shape index (κ1) is 17.7. The van der Waals surface area contributed by atoms with Gasteiger partial charge in [-0.3, -0.25) is 0 Å². The summed E-state index contributed by atoms with van der Waals surface area (Å²) in [6, 6.07) is 13.7. The van der Waals surface area contributed by atoms with Gasteiger partial charge in [0.25, 0.3) is 0 Å². The normalized spacial score (nSPS) is 10.2.